The normalized spacial score (nSPS) is 12.6. The average molecular weight is 342 g/mol. The molecule has 1 unspecified atom stereocenters. The Kier molecular flexibility index (Phi) is 5.05. The van der Waals surface area contributed by atoms with Gasteiger partial charge in [-0.3, -0.25) is 0 Å². The summed E-state index contributed by atoms with van der Waals surface area (Å²) in [5.74, 6) is 0.627. The number of ether oxygens (including phenoxy) is 2. The Balaban J connectivity index is 2.30. The molecule has 1 aromatic heterocycles. The molecule has 1 atom stereocenters. The van der Waals surface area contributed by atoms with Gasteiger partial charge in [-0.05, 0) is 28.6 Å². The van der Waals surface area contributed by atoms with Crippen molar-refractivity contribution >= 4 is 21.6 Å². The molecule has 0 radical (unpaired) electrons. The molecule has 2 aromatic rings. The molecule has 1 aromatic carbocycles. The summed E-state index contributed by atoms with van der Waals surface area (Å²) >= 11 is 3.48. The van der Waals surface area contributed by atoms with Gasteiger partial charge >= 0.3 is 0 Å². The first-order chi connectivity index (χ1) is 9.65. The van der Waals surface area contributed by atoms with E-state index in [1.165, 1.54) is 0 Å². The van der Waals surface area contributed by atoms with Crippen LogP contribution in [0.2, 0.25) is 0 Å². The number of nitrogen functional groups attached to an aromatic ring is 1. The minimum Gasteiger partial charge on any atom is -0.399 e. The van der Waals surface area contributed by atoms with Crippen LogP contribution in [0.25, 0.3) is 11.4 Å². The van der Waals surface area contributed by atoms with E-state index in [0.717, 1.165) is 10.0 Å². The van der Waals surface area contributed by atoms with Gasteiger partial charge < -0.3 is 15.2 Å². The van der Waals surface area contributed by atoms with Crippen molar-refractivity contribution in [3.8, 4) is 11.4 Å². The Morgan fingerprint density at radius 1 is 1.40 bits per heavy atom. The zero-order valence-corrected chi connectivity index (χ0v) is 12.9. The first-order valence-electron chi connectivity index (χ1n) is 5.99. The smallest absolute Gasteiger partial charge is 0.183 e. The molecule has 0 spiro atoms. The molecule has 0 fully saturated rings. The van der Waals surface area contributed by atoms with Gasteiger partial charge in [0.15, 0.2) is 5.82 Å². The van der Waals surface area contributed by atoms with Gasteiger partial charge in [-0.15, -0.1) is 5.10 Å². The van der Waals surface area contributed by atoms with E-state index in [9.17, 15) is 0 Å². The Morgan fingerprint density at radius 2 is 2.20 bits per heavy atom. The van der Waals surface area contributed by atoms with Crippen LogP contribution in [0.4, 0.5) is 5.69 Å². The van der Waals surface area contributed by atoms with Crippen molar-refractivity contribution in [3.63, 3.8) is 0 Å². The van der Waals surface area contributed by atoms with Gasteiger partial charge in [0.2, 0.25) is 0 Å². The predicted octanol–water partition coefficient (Wildman–Crippen LogP) is 1.35. The van der Waals surface area contributed by atoms with E-state index >= 15 is 0 Å². The zero-order chi connectivity index (χ0) is 14.5. The maximum atomic E-state index is 5.82. The molecule has 2 rings (SSSR count). The van der Waals surface area contributed by atoms with Gasteiger partial charge in [-0.25, -0.2) is 4.68 Å². The molecule has 0 saturated heterocycles. The standard InChI is InChI=1S/C12H16BrN5O2/c1-19-7-9(20-2)6-18-12(15-16-17-18)10-5-8(14)3-4-11(10)13/h3-5,9H,6-7,14H2,1-2H3. The first kappa shape index (κ1) is 14.9. The third-order valence-corrected chi connectivity index (χ3v) is 3.52. The summed E-state index contributed by atoms with van der Waals surface area (Å²) in [6, 6.07) is 5.50. The SMILES string of the molecule is COCC(Cn1nnnc1-c1cc(N)ccc1Br)OC. The molecule has 20 heavy (non-hydrogen) atoms. The number of hydrogen-bond acceptors (Lipinski definition) is 6. The second-order valence-corrected chi connectivity index (χ2v) is 5.09. The number of rotatable bonds is 6. The summed E-state index contributed by atoms with van der Waals surface area (Å²) < 4.78 is 13.0. The maximum absolute atomic E-state index is 5.82. The molecule has 0 amide bonds. The van der Waals surface area contributed by atoms with Crippen LogP contribution in [-0.2, 0) is 16.0 Å². The largest absolute Gasteiger partial charge is 0.399 e. The van der Waals surface area contributed by atoms with Crippen LogP contribution < -0.4 is 5.73 Å². The number of benzene rings is 1. The minimum atomic E-state index is -0.123. The van der Waals surface area contributed by atoms with Crippen LogP contribution in [0, 0.1) is 0 Å². The number of tetrazole rings is 1. The lowest BCUT2D eigenvalue weighted by molar-refractivity contribution is 0.0163. The lowest BCUT2D eigenvalue weighted by Crippen LogP contribution is -2.25. The Morgan fingerprint density at radius 3 is 2.90 bits per heavy atom. The highest BCUT2D eigenvalue weighted by Gasteiger charge is 2.16. The molecule has 2 N–H and O–H groups in total. The summed E-state index contributed by atoms with van der Waals surface area (Å²) in [7, 11) is 3.26. The van der Waals surface area contributed by atoms with Crippen molar-refractivity contribution in [1.82, 2.24) is 20.2 Å². The number of hydrogen-bond donors (Lipinski definition) is 1. The summed E-state index contributed by atoms with van der Waals surface area (Å²) in [4.78, 5) is 0. The summed E-state index contributed by atoms with van der Waals surface area (Å²) in [5, 5.41) is 11.8. The second-order valence-electron chi connectivity index (χ2n) is 4.24. The van der Waals surface area contributed by atoms with Crippen LogP contribution in [0.15, 0.2) is 22.7 Å². The predicted molar refractivity (Wildman–Crippen MR) is 78.0 cm³/mol. The molecule has 0 aliphatic carbocycles. The monoisotopic (exact) mass is 341 g/mol. The van der Waals surface area contributed by atoms with Gasteiger partial charge in [-0.2, -0.15) is 0 Å². The molecule has 108 valence electrons. The molecule has 0 aliphatic rings. The lowest BCUT2D eigenvalue weighted by Gasteiger charge is -2.15. The Labute approximate surface area is 125 Å². The molecule has 8 heteroatoms. The topological polar surface area (TPSA) is 88.1 Å². The lowest BCUT2D eigenvalue weighted by atomic mass is 10.2. The number of nitrogens with two attached hydrogens (primary N) is 1. The highest BCUT2D eigenvalue weighted by Crippen LogP contribution is 2.28. The minimum absolute atomic E-state index is 0.123. The fourth-order valence-corrected chi connectivity index (χ4v) is 2.23. The molecular formula is C12H16BrN5O2. The van der Waals surface area contributed by atoms with Crippen molar-refractivity contribution in [2.45, 2.75) is 12.6 Å². The maximum Gasteiger partial charge on any atom is 0.183 e. The van der Waals surface area contributed by atoms with Crippen molar-refractivity contribution in [3.05, 3.63) is 22.7 Å². The fraction of sp³-hybridized carbons (Fsp3) is 0.417. The van der Waals surface area contributed by atoms with Gasteiger partial charge in [0.25, 0.3) is 0 Å². The zero-order valence-electron chi connectivity index (χ0n) is 11.3. The summed E-state index contributed by atoms with van der Waals surface area (Å²) in [6.45, 7) is 0.960. The van der Waals surface area contributed by atoms with Gasteiger partial charge in [-0.1, -0.05) is 15.9 Å². The van der Waals surface area contributed by atoms with E-state index in [-0.39, 0.29) is 6.10 Å². The van der Waals surface area contributed by atoms with E-state index in [0.29, 0.717) is 24.7 Å². The molecule has 0 aliphatic heterocycles. The van der Waals surface area contributed by atoms with E-state index in [2.05, 4.69) is 31.5 Å². The van der Waals surface area contributed by atoms with E-state index in [4.69, 9.17) is 15.2 Å². The van der Waals surface area contributed by atoms with Crippen LogP contribution in [-0.4, -0.2) is 47.1 Å². The van der Waals surface area contributed by atoms with Crippen molar-refractivity contribution in [2.24, 2.45) is 0 Å². The summed E-state index contributed by atoms with van der Waals surface area (Å²) in [5.41, 5.74) is 7.30. The quantitative estimate of drug-likeness (QED) is 0.797. The molecule has 0 saturated carbocycles. The fourth-order valence-electron chi connectivity index (χ4n) is 1.81. The molecule has 7 nitrogen and oxygen atoms in total. The Bertz CT molecular complexity index is 575. The van der Waals surface area contributed by atoms with Crippen LogP contribution in [0.1, 0.15) is 0 Å². The summed E-state index contributed by atoms with van der Waals surface area (Å²) in [6.07, 6.45) is -0.123. The number of methoxy groups -OCH3 is 2. The molecule has 1 heterocycles. The number of anilines is 1. The number of nitrogens with zero attached hydrogens (tertiary/aromatic N) is 4. The van der Waals surface area contributed by atoms with Crippen LogP contribution in [0.5, 0.6) is 0 Å². The first-order valence-corrected chi connectivity index (χ1v) is 6.78. The number of aromatic nitrogens is 4. The average Bonchev–Trinajstić information content (AvgIpc) is 2.89. The third-order valence-electron chi connectivity index (χ3n) is 2.83. The highest BCUT2D eigenvalue weighted by atomic mass is 79.9. The van der Waals surface area contributed by atoms with Crippen molar-refractivity contribution < 1.29 is 9.47 Å². The molecular weight excluding hydrogens is 326 g/mol. The van der Waals surface area contributed by atoms with E-state index in [1.807, 2.05) is 18.2 Å². The number of halogens is 1. The van der Waals surface area contributed by atoms with Crippen molar-refractivity contribution in [1.29, 1.82) is 0 Å². The highest BCUT2D eigenvalue weighted by molar-refractivity contribution is 9.10. The third kappa shape index (κ3) is 3.33. The van der Waals surface area contributed by atoms with Crippen LogP contribution >= 0.6 is 15.9 Å². The van der Waals surface area contributed by atoms with Gasteiger partial charge in [0.1, 0.15) is 6.10 Å². The Hall–Kier alpha value is -1.51. The van der Waals surface area contributed by atoms with Crippen LogP contribution in [0.3, 0.4) is 0 Å². The van der Waals surface area contributed by atoms with Crippen molar-refractivity contribution in [2.75, 3.05) is 26.6 Å². The van der Waals surface area contributed by atoms with E-state index in [1.54, 1.807) is 18.9 Å². The molecule has 0 bridgehead atoms. The van der Waals surface area contributed by atoms with Gasteiger partial charge in [0.05, 0.1) is 13.2 Å². The van der Waals surface area contributed by atoms with E-state index < -0.39 is 0 Å². The van der Waals surface area contributed by atoms with Gasteiger partial charge in [0, 0.05) is 29.9 Å². The second kappa shape index (κ2) is 6.78.